The van der Waals surface area contributed by atoms with Crippen molar-refractivity contribution in [2.75, 3.05) is 5.32 Å². The third-order valence-corrected chi connectivity index (χ3v) is 8.74. The second kappa shape index (κ2) is 8.00. The van der Waals surface area contributed by atoms with E-state index in [9.17, 15) is 13.6 Å². The number of fused-ring (bicyclic) bond motifs is 7. The van der Waals surface area contributed by atoms with Crippen molar-refractivity contribution < 1.29 is 13.6 Å². The number of H-pyrrole nitrogens is 1. The van der Waals surface area contributed by atoms with E-state index in [2.05, 4.69) is 33.5 Å². The van der Waals surface area contributed by atoms with E-state index in [0.717, 1.165) is 31.2 Å². The smallest absolute Gasteiger partial charge is 0.225 e. The molecule has 3 aliphatic carbocycles. The molecule has 1 saturated carbocycles. The molecular formula is C27H28F2N4O. The van der Waals surface area contributed by atoms with Gasteiger partial charge in [0.25, 0.3) is 0 Å². The van der Waals surface area contributed by atoms with Crippen molar-refractivity contribution in [1.29, 1.82) is 0 Å². The Morgan fingerprint density at radius 1 is 1.18 bits per heavy atom. The van der Waals surface area contributed by atoms with E-state index >= 15 is 0 Å². The second-order valence-corrected chi connectivity index (χ2v) is 10.3. The highest BCUT2D eigenvalue weighted by molar-refractivity contribution is 5.89. The summed E-state index contributed by atoms with van der Waals surface area (Å²) < 4.78 is 28.5. The van der Waals surface area contributed by atoms with Gasteiger partial charge in [-0.2, -0.15) is 5.10 Å². The Labute approximate surface area is 197 Å². The van der Waals surface area contributed by atoms with Gasteiger partial charge >= 0.3 is 0 Å². The molecule has 7 heteroatoms. The summed E-state index contributed by atoms with van der Waals surface area (Å²) in [5.74, 6) is 0.414. The third-order valence-electron chi connectivity index (χ3n) is 8.74. The summed E-state index contributed by atoms with van der Waals surface area (Å²) in [7, 11) is 0. The van der Waals surface area contributed by atoms with Gasteiger partial charge in [0.15, 0.2) is 11.6 Å². The average Bonchev–Trinajstić information content (AvgIpc) is 3.40. The molecule has 176 valence electrons. The average molecular weight is 463 g/mol. The SMILES string of the molecule is C[C@]12CCC3c4cccc(F)c4CCC3C1[C@H](CCC(=O)Nc1ncccc1F)c1cn[nH]c12. The van der Waals surface area contributed by atoms with Crippen LogP contribution in [0.15, 0.2) is 42.7 Å². The summed E-state index contributed by atoms with van der Waals surface area (Å²) in [6, 6.07) is 8.30. The summed E-state index contributed by atoms with van der Waals surface area (Å²) in [6.07, 6.45) is 8.07. The number of aromatic nitrogens is 3. The Kier molecular flexibility index (Phi) is 5.04. The van der Waals surface area contributed by atoms with Crippen molar-refractivity contribution in [3.8, 4) is 0 Å². The summed E-state index contributed by atoms with van der Waals surface area (Å²) in [4.78, 5) is 16.6. The second-order valence-electron chi connectivity index (χ2n) is 10.3. The highest BCUT2D eigenvalue weighted by Crippen LogP contribution is 2.64. The van der Waals surface area contributed by atoms with Crippen LogP contribution in [0.1, 0.15) is 73.2 Å². The molecule has 2 heterocycles. The highest BCUT2D eigenvalue weighted by Gasteiger charge is 2.57. The van der Waals surface area contributed by atoms with E-state index in [4.69, 9.17) is 0 Å². The predicted octanol–water partition coefficient (Wildman–Crippen LogP) is 5.61. The molecule has 3 aliphatic rings. The van der Waals surface area contributed by atoms with Gasteiger partial charge in [-0.3, -0.25) is 9.89 Å². The number of benzene rings is 1. The summed E-state index contributed by atoms with van der Waals surface area (Å²) >= 11 is 0. The molecule has 3 aromatic rings. The van der Waals surface area contributed by atoms with Crippen LogP contribution in [0, 0.1) is 23.5 Å². The molecule has 0 spiro atoms. The van der Waals surface area contributed by atoms with E-state index in [0.29, 0.717) is 24.2 Å². The van der Waals surface area contributed by atoms with Gasteiger partial charge in [0.05, 0.1) is 6.20 Å². The van der Waals surface area contributed by atoms with Crippen LogP contribution in [-0.4, -0.2) is 21.1 Å². The molecule has 0 bridgehead atoms. The maximum atomic E-state index is 14.5. The number of pyridine rings is 1. The third kappa shape index (κ3) is 3.20. The van der Waals surface area contributed by atoms with Crippen molar-refractivity contribution in [1.82, 2.24) is 15.2 Å². The molecular weight excluding hydrogens is 434 g/mol. The van der Waals surface area contributed by atoms with Crippen molar-refractivity contribution >= 4 is 11.7 Å². The molecule has 2 aromatic heterocycles. The molecule has 6 rings (SSSR count). The zero-order valence-corrected chi connectivity index (χ0v) is 19.2. The van der Waals surface area contributed by atoms with Crippen LogP contribution >= 0.6 is 0 Å². The van der Waals surface area contributed by atoms with Crippen LogP contribution in [0.4, 0.5) is 14.6 Å². The normalized spacial score (nSPS) is 29.0. The number of hydrogen-bond donors (Lipinski definition) is 2. The molecule has 0 aliphatic heterocycles. The van der Waals surface area contributed by atoms with E-state index < -0.39 is 5.82 Å². The number of anilines is 1. The number of nitrogens with zero attached hydrogens (tertiary/aromatic N) is 2. The minimum absolute atomic E-state index is 0.0311. The maximum absolute atomic E-state index is 14.5. The van der Waals surface area contributed by atoms with Gasteiger partial charge in [-0.15, -0.1) is 0 Å². The lowest BCUT2D eigenvalue weighted by atomic mass is 9.53. The largest absolute Gasteiger partial charge is 0.308 e. The lowest BCUT2D eigenvalue weighted by Crippen LogP contribution is -2.44. The zero-order chi connectivity index (χ0) is 23.4. The lowest BCUT2D eigenvalue weighted by molar-refractivity contribution is -0.116. The fourth-order valence-electron chi connectivity index (χ4n) is 7.38. The molecule has 3 unspecified atom stereocenters. The number of carbonyl (C=O) groups excluding carboxylic acids is 1. The molecule has 1 fully saturated rings. The first-order chi connectivity index (χ1) is 16.5. The number of rotatable bonds is 4. The van der Waals surface area contributed by atoms with E-state index in [1.807, 2.05) is 12.3 Å². The van der Waals surface area contributed by atoms with Crippen LogP contribution in [0.25, 0.3) is 0 Å². The summed E-state index contributed by atoms with van der Waals surface area (Å²) in [5.41, 5.74) is 4.43. The number of nitrogens with one attached hydrogen (secondary N) is 2. The minimum atomic E-state index is -0.537. The molecule has 5 nitrogen and oxygen atoms in total. The van der Waals surface area contributed by atoms with Crippen molar-refractivity contribution in [3.05, 3.63) is 76.7 Å². The van der Waals surface area contributed by atoms with E-state index in [1.165, 1.54) is 35.2 Å². The van der Waals surface area contributed by atoms with Gasteiger partial charge < -0.3 is 5.32 Å². The van der Waals surface area contributed by atoms with E-state index in [1.54, 1.807) is 6.07 Å². The molecule has 2 N–H and O–H groups in total. The van der Waals surface area contributed by atoms with Gasteiger partial charge in [-0.05, 0) is 90.7 Å². The monoisotopic (exact) mass is 462 g/mol. The molecule has 1 amide bonds. The number of carbonyl (C=O) groups is 1. The first-order valence-electron chi connectivity index (χ1n) is 12.2. The van der Waals surface area contributed by atoms with Gasteiger partial charge in [0.2, 0.25) is 5.91 Å². The fraction of sp³-hybridized carbons (Fsp3) is 0.444. The number of aromatic amines is 1. The predicted molar refractivity (Wildman–Crippen MR) is 124 cm³/mol. The topological polar surface area (TPSA) is 70.7 Å². The van der Waals surface area contributed by atoms with Gasteiger partial charge in [-0.25, -0.2) is 13.8 Å². The van der Waals surface area contributed by atoms with Crippen molar-refractivity contribution in [2.45, 2.75) is 62.7 Å². The lowest BCUT2D eigenvalue weighted by Gasteiger charge is -2.50. The van der Waals surface area contributed by atoms with Crippen LogP contribution in [0.5, 0.6) is 0 Å². The Balaban J connectivity index is 1.28. The quantitative estimate of drug-likeness (QED) is 0.529. The Morgan fingerprint density at radius 3 is 2.88 bits per heavy atom. The molecule has 1 aromatic carbocycles. The van der Waals surface area contributed by atoms with Gasteiger partial charge in [-0.1, -0.05) is 19.1 Å². The summed E-state index contributed by atoms with van der Waals surface area (Å²) in [5, 5.41) is 10.2. The first-order valence-corrected chi connectivity index (χ1v) is 12.2. The Bertz CT molecular complexity index is 1260. The van der Waals surface area contributed by atoms with Gasteiger partial charge in [0, 0.05) is 23.7 Å². The van der Waals surface area contributed by atoms with Crippen LogP contribution in [0.2, 0.25) is 0 Å². The number of hydrogen-bond acceptors (Lipinski definition) is 3. The van der Waals surface area contributed by atoms with Gasteiger partial charge in [0.1, 0.15) is 5.82 Å². The first kappa shape index (κ1) is 21.4. The number of halogens is 2. The number of amides is 1. The van der Waals surface area contributed by atoms with Crippen LogP contribution in [-0.2, 0) is 16.6 Å². The molecule has 34 heavy (non-hydrogen) atoms. The van der Waals surface area contributed by atoms with Crippen LogP contribution in [0.3, 0.4) is 0 Å². The van der Waals surface area contributed by atoms with Crippen LogP contribution < -0.4 is 5.32 Å². The Hall–Kier alpha value is -3.09. The minimum Gasteiger partial charge on any atom is -0.308 e. The molecule has 5 atom stereocenters. The van der Waals surface area contributed by atoms with E-state index in [-0.39, 0.29) is 35.3 Å². The standard InChI is InChI=1S/C27H28F2N4O/c1-27-12-11-16-15-4-2-5-21(28)17(15)7-8-18(16)24(27)19(20-14-31-33-25(20)27)9-10-23(34)32-26-22(29)6-3-13-30-26/h2-6,13-14,16,18-19,24H,7-12H2,1H3,(H,31,33)(H,30,32,34)/t16?,18?,19-,24?,27+/m1/s1. The zero-order valence-electron chi connectivity index (χ0n) is 19.2. The molecule has 0 radical (unpaired) electrons. The van der Waals surface area contributed by atoms with Crippen molar-refractivity contribution in [3.63, 3.8) is 0 Å². The maximum Gasteiger partial charge on any atom is 0.225 e. The fourth-order valence-corrected chi connectivity index (χ4v) is 7.38. The highest BCUT2D eigenvalue weighted by atomic mass is 19.1. The summed E-state index contributed by atoms with van der Waals surface area (Å²) in [6.45, 7) is 2.33. The van der Waals surface area contributed by atoms with Crippen molar-refractivity contribution in [2.24, 2.45) is 11.8 Å². The Morgan fingerprint density at radius 2 is 2.03 bits per heavy atom. The molecule has 0 saturated heterocycles.